The molecule has 0 aliphatic carbocycles. The Bertz CT molecular complexity index is 1040. The van der Waals surface area contributed by atoms with Crippen molar-refractivity contribution in [3.05, 3.63) is 83.8 Å². The number of nitrogens with one attached hydrogen (secondary N) is 2. The van der Waals surface area contributed by atoms with Gasteiger partial charge in [-0.3, -0.25) is 9.59 Å². The Labute approximate surface area is 174 Å². The maximum Gasteiger partial charge on any atom is 0.257 e. The number of nitrogens with two attached hydrogens (primary N) is 1. The van der Waals surface area contributed by atoms with Crippen LogP contribution >= 0.6 is 0 Å². The Kier molecular flexibility index (Phi) is 6.41. The molecule has 0 unspecified atom stereocenters. The quantitative estimate of drug-likeness (QED) is 0.528. The van der Waals surface area contributed by atoms with Gasteiger partial charge in [-0.25, -0.2) is 9.37 Å². The van der Waals surface area contributed by atoms with Crippen LogP contribution in [0.4, 0.5) is 21.6 Å². The highest BCUT2D eigenvalue weighted by atomic mass is 19.1. The van der Waals surface area contributed by atoms with E-state index in [0.29, 0.717) is 11.5 Å². The standard InChI is InChI=1S/C23H23FN4O2/c1-14(2)21(15-6-4-3-5-7-15)23(30)28-20-11-8-16(13-26-20)22(29)27-19-10-9-17(24)12-18(19)25/h3-14,21H,25H2,1-2H3,(H,27,29)(H,26,28,30)/t21-/m1/s1. The molecule has 6 nitrogen and oxygen atoms in total. The van der Waals surface area contributed by atoms with Crippen LogP contribution in [0.2, 0.25) is 0 Å². The Balaban J connectivity index is 1.69. The molecule has 3 rings (SSSR count). The number of hydrogen-bond acceptors (Lipinski definition) is 4. The van der Waals surface area contributed by atoms with Crippen molar-refractivity contribution in [1.82, 2.24) is 4.98 Å². The van der Waals surface area contributed by atoms with Gasteiger partial charge in [-0.15, -0.1) is 0 Å². The average molecular weight is 406 g/mol. The topological polar surface area (TPSA) is 97.1 Å². The summed E-state index contributed by atoms with van der Waals surface area (Å²) in [5.74, 6) is -0.971. The van der Waals surface area contributed by atoms with E-state index in [1.54, 1.807) is 12.1 Å². The van der Waals surface area contributed by atoms with Crippen LogP contribution in [0.15, 0.2) is 66.9 Å². The van der Waals surface area contributed by atoms with Gasteiger partial charge in [0.2, 0.25) is 5.91 Å². The lowest BCUT2D eigenvalue weighted by Gasteiger charge is -2.20. The molecular formula is C23H23FN4O2. The number of nitrogens with zero attached hydrogens (tertiary/aromatic N) is 1. The Hall–Kier alpha value is -3.74. The first-order valence-corrected chi connectivity index (χ1v) is 9.53. The molecule has 0 saturated heterocycles. The van der Waals surface area contributed by atoms with Gasteiger partial charge in [0.25, 0.3) is 5.91 Å². The first-order chi connectivity index (χ1) is 14.3. The van der Waals surface area contributed by atoms with Crippen LogP contribution in [0, 0.1) is 11.7 Å². The molecule has 2 aromatic carbocycles. The van der Waals surface area contributed by atoms with Crippen molar-refractivity contribution in [2.24, 2.45) is 5.92 Å². The van der Waals surface area contributed by atoms with E-state index >= 15 is 0 Å². The molecule has 0 aliphatic rings. The highest BCUT2D eigenvalue weighted by molar-refractivity contribution is 6.05. The maximum atomic E-state index is 13.1. The van der Waals surface area contributed by atoms with Crippen LogP contribution in [0.25, 0.3) is 0 Å². The fraction of sp³-hybridized carbons (Fsp3) is 0.174. The molecule has 0 fully saturated rings. The lowest BCUT2D eigenvalue weighted by Crippen LogP contribution is -2.25. The van der Waals surface area contributed by atoms with Crippen molar-refractivity contribution < 1.29 is 14.0 Å². The van der Waals surface area contributed by atoms with E-state index in [9.17, 15) is 14.0 Å². The third-order valence-electron chi connectivity index (χ3n) is 4.65. The van der Waals surface area contributed by atoms with Gasteiger partial charge in [0.15, 0.2) is 0 Å². The van der Waals surface area contributed by atoms with Crippen LogP contribution in [0.3, 0.4) is 0 Å². The van der Waals surface area contributed by atoms with Crippen LogP contribution in [0.1, 0.15) is 35.7 Å². The molecule has 2 amide bonds. The normalized spacial score (nSPS) is 11.7. The third kappa shape index (κ3) is 5.00. The largest absolute Gasteiger partial charge is 0.397 e. The Morgan fingerprint density at radius 3 is 2.33 bits per heavy atom. The molecule has 4 N–H and O–H groups in total. The second kappa shape index (κ2) is 9.17. The number of amides is 2. The highest BCUT2D eigenvalue weighted by Crippen LogP contribution is 2.26. The second-order valence-corrected chi connectivity index (χ2v) is 7.24. The monoisotopic (exact) mass is 406 g/mol. The molecule has 3 aromatic rings. The van der Waals surface area contributed by atoms with Crippen LogP contribution in [-0.4, -0.2) is 16.8 Å². The molecule has 0 aliphatic heterocycles. The van der Waals surface area contributed by atoms with E-state index in [1.807, 2.05) is 44.2 Å². The fourth-order valence-corrected chi connectivity index (χ4v) is 3.15. The van der Waals surface area contributed by atoms with Crippen molar-refractivity contribution in [3.63, 3.8) is 0 Å². The van der Waals surface area contributed by atoms with Gasteiger partial charge < -0.3 is 16.4 Å². The van der Waals surface area contributed by atoms with Gasteiger partial charge in [-0.05, 0) is 41.8 Å². The lowest BCUT2D eigenvalue weighted by atomic mass is 9.87. The number of nitrogen functional groups attached to an aromatic ring is 1. The zero-order valence-electron chi connectivity index (χ0n) is 16.7. The summed E-state index contributed by atoms with van der Waals surface area (Å²) in [6, 6.07) is 16.4. The molecule has 0 bridgehead atoms. The van der Waals surface area contributed by atoms with E-state index in [0.717, 1.165) is 11.6 Å². The first kappa shape index (κ1) is 21.0. The number of carbonyl (C=O) groups is 2. The summed E-state index contributed by atoms with van der Waals surface area (Å²) < 4.78 is 13.1. The summed E-state index contributed by atoms with van der Waals surface area (Å²) in [6.07, 6.45) is 1.36. The zero-order valence-corrected chi connectivity index (χ0v) is 16.7. The van der Waals surface area contributed by atoms with E-state index in [4.69, 9.17) is 5.73 Å². The minimum absolute atomic E-state index is 0.0959. The van der Waals surface area contributed by atoms with Gasteiger partial charge >= 0.3 is 0 Å². The van der Waals surface area contributed by atoms with E-state index < -0.39 is 11.7 Å². The second-order valence-electron chi connectivity index (χ2n) is 7.24. The number of aromatic nitrogens is 1. The maximum absolute atomic E-state index is 13.1. The van der Waals surface area contributed by atoms with Crippen molar-refractivity contribution in [1.29, 1.82) is 0 Å². The number of hydrogen-bond donors (Lipinski definition) is 3. The minimum atomic E-state index is -0.484. The van der Waals surface area contributed by atoms with Crippen LogP contribution < -0.4 is 16.4 Å². The van der Waals surface area contributed by atoms with Crippen LogP contribution in [-0.2, 0) is 4.79 Å². The molecule has 0 radical (unpaired) electrons. The molecule has 0 spiro atoms. The van der Waals surface area contributed by atoms with E-state index in [1.165, 1.54) is 18.3 Å². The van der Waals surface area contributed by atoms with Gasteiger partial charge in [-0.2, -0.15) is 0 Å². The average Bonchev–Trinajstić information content (AvgIpc) is 2.71. The Morgan fingerprint density at radius 2 is 1.73 bits per heavy atom. The molecule has 1 atom stereocenters. The summed E-state index contributed by atoms with van der Waals surface area (Å²) in [5, 5.41) is 5.42. The van der Waals surface area contributed by atoms with Crippen LogP contribution in [0.5, 0.6) is 0 Å². The number of pyridine rings is 1. The zero-order chi connectivity index (χ0) is 21.7. The van der Waals surface area contributed by atoms with E-state index in [2.05, 4.69) is 15.6 Å². The molecular weight excluding hydrogens is 383 g/mol. The molecule has 0 saturated carbocycles. The summed E-state index contributed by atoms with van der Waals surface area (Å²) in [7, 11) is 0. The number of anilines is 3. The summed E-state index contributed by atoms with van der Waals surface area (Å²) >= 11 is 0. The predicted octanol–water partition coefficient (Wildman–Crippen LogP) is 4.43. The number of carbonyl (C=O) groups excluding carboxylic acids is 2. The highest BCUT2D eigenvalue weighted by Gasteiger charge is 2.24. The summed E-state index contributed by atoms with van der Waals surface area (Å²) in [4.78, 5) is 29.4. The first-order valence-electron chi connectivity index (χ1n) is 9.53. The summed E-state index contributed by atoms with van der Waals surface area (Å²) in [5.41, 5.74) is 7.35. The summed E-state index contributed by atoms with van der Waals surface area (Å²) in [6.45, 7) is 3.97. The van der Waals surface area contributed by atoms with Gasteiger partial charge in [0, 0.05) is 6.20 Å². The van der Waals surface area contributed by atoms with Crippen molar-refractivity contribution >= 4 is 29.0 Å². The van der Waals surface area contributed by atoms with Crippen molar-refractivity contribution in [3.8, 4) is 0 Å². The van der Waals surface area contributed by atoms with Gasteiger partial charge in [0.1, 0.15) is 11.6 Å². The number of halogens is 1. The number of rotatable bonds is 6. The minimum Gasteiger partial charge on any atom is -0.397 e. The van der Waals surface area contributed by atoms with Gasteiger partial charge in [0.05, 0.1) is 22.9 Å². The molecule has 1 aromatic heterocycles. The van der Waals surface area contributed by atoms with Gasteiger partial charge in [-0.1, -0.05) is 44.2 Å². The lowest BCUT2D eigenvalue weighted by molar-refractivity contribution is -0.118. The molecule has 7 heteroatoms. The predicted molar refractivity (Wildman–Crippen MR) is 116 cm³/mol. The molecule has 1 heterocycles. The smallest absolute Gasteiger partial charge is 0.257 e. The Morgan fingerprint density at radius 1 is 1.00 bits per heavy atom. The SMILES string of the molecule is CC(C)[C@@H](C(=O)Nc1ccc(C(=O)Nc2ccc(F)cc2N)cn1)c1ccccc1. The number of benzene rings is 2. The fourth-order valence-electron chi connectivity index (χ4n) is 3.15. The van der Waals surface area contributed by atoms with Crippen molar-refractivity contribution in [2.75, 3.05) is 16.4 Å². The molecule has 154 valence electrons. The van der Waals surface area contributed by atoms with E-state index in [-0.39, 0.29) is 29.0 Å². The van der Waals surface area contributed by atoms with Crippen molar-refractivity contribution in [2.45, 2.75) is 19.8 Å². The third-order valence-corrected chi connectivity index (χ3v) is 4.65. The molecule has 30 heavy (non-hydrogen) atoms.